The first-order valence-corrected chi connectivity index (χ1v) is 8.31. The van der Waals surface area contributed by atoms with Gasteiger partial charge in [0.2, 0.25) is 0 Å². The zero-order chi connectivity index (χ0) is 18.5. The van der Waals surface area contributed by atoms with E-state index < -0.39 is 0 Å². The zero-order valence-electron chi connectivity index (χ0n) is 14.7. The lowest BCUT2D eigenvalue weighted by Gasteiger charge is -2.13. The molecule has 1 heterocycles. The summed E-state index contributed by atoms with van der Waals surface area (Å²) in [5.41, 5.74) is 2.62. The molecule has 3 rings (SSSR count). The standard InChI is InChI=1S/C19H19ClN4O2/c1-12-8-16(17(26-3)9-15(12)20)24-19-10-18(21-11-22-19)23-13-4-6-14(25-2)7-5-13/h4-11H,1-3H3,(H2,21,22,23,24). The third-order valence-corrected chi connectivity index (χ3v) is 4.18. The van der Waals surface area contributed by atoms with Crippen LogP contribution in [0.1, 0.15) is 5.56 Å². The quantitative estimate of drug-likeness (QED) is 0.640. The Morgan fingerprint density at radius 3 is 2.23 bits per heavy atom. The van der Waals surface area contributed by atoms with E-state index in [9.17, 15) is 0 Å². The molecule has 2 N–H and O–H groups in total. The van der Waals surface area contributed by atoms with E-state index in [0.717, 1.165) is 22.7 Å². The number of nitrogens with one attached hydrogen (secondary N) is 2. The molecule has 7 heteroatoms. The second kappa shape index (κ2) is 7.93. The minimum atomic E-state index is 0.635. The molecule has 6 nitrogen and oxygen atoms in total. The SMILES string of the molecule is COc1ccc(Nc2cc(Nc3cc(C)c(Cl)cc3OC)ncn2)cc1. The maximum Gasteiger partial charge on any atom is 0.143 e. The summed E-state index contributed by atoms with van der Waals surface area (Å²) in [6.45, 7) is 1.93. The molecule has 0 radical (unpaired) electrons. The van der Waals surface area contributed by atoms with Gasteiger partial charge in [-0.15, -0.1) is 0 Å². The first-order valence-electron chi connectivity index (χ1n) is 7.93. The summed E-state index contributed by atoms with van der Waals surface area (Å²) in [4.78, 5) is 8.51. The van der Waals surface area contributed by atoms with Gasteiger partial charge >= 0.3 is 0 Å². The van der Waals surface area contributed by atoms with E-state index in [2.05, 4.69) is 20.6 Å². The molecule has 0 aliphatic rings. The molecular formula is C19H19ClN4O2. The summed E-state index contributed by atoms with van der Waals surface area (Å²) in [7, 11) is 3.24. The number of aromatic nitrogens is 2. The monoisotopic (exact) mass is 370 g/mol. The van der Waals surface area contributed by atoms with Gasteiger partial charge in [-0.25, -0.2) is 9.97 Å². The largest absolute Gasteiger partial charge is 0.497 e. The van der Waals surface area contributed by atoms with Crippen LogP contribution in [0.15, 0.2) is 48.8 Å². The second-order valence-electron chi connectivity index (χ2n) is 5.57. The molecule has 1 aromatic heterocycles. The lowest BCUT2D eigenvalue weighted by molar-refractivity contribution is 0.415. The van der Waals surface area contributed by atoms with Crippen molar-refractivity contribution >= 4 is 34.6 Å². The third-order valence-electron chi connectivity index (χ3n) is 3.77. The molecule has 26 heavy (non-hydrogen) atoms. The van der Waals surface area contributed by atoms with Crippen molar-refractivity contribution in [2.75, 3.05) is 24.9 Å². The van der Waals surface area contributed by atoms with Crippen molar-refractivity contribution in [3.63, 3.8) is 0 Å². The van der Waals surface area contributed by atoms with Crippen molar-refractivity contribution in [2.45, 2.75) is 6.92 Å². The summed E-state index contributed by atoms with van der Waals surface area (Å²) in [5, 5.41) is 7.12. The molecule has 0 aliphatic heterocycles. The predicted molar refractivity (Wildman–Crippen MR) is 104 cm³/mol. The van der Waals surface area contributed by atoms with Gasteiger partial charge in [0, 0.05) is 22.8 Å². The van der Waals surface area contributed by atoms with Gasteiger partial charge in [0.1, 0.15) is 29.5 Å². The molecule has 0 fully saturated rings. The van der Waals surface area contributed by atoms with Crippen molar-refractivity contribution in [3.8, 4) is 11.5 Å². The number of hydrogen-bond acceptors (Lipinski definition) is 6. The number of halogens is 1. The van der Waals surface area contributed by atoms with Gasteiger partial charge in [-0.3, -0.25) is 0 Å². The number of methoxy groups -OCH3 is 2. The molecule has 0 spiro atoms. The van der Waals surface area contributed by atoms with Crippen LogP contribution in [0.3, 0.4) is 0 Å². The maximum atomic E-state index is 6.15. The van der Waals surface area contributed by atoms with Crippen LogP contribution in [-0.4, -0.2) is 24.2 Å². The van der Waals surface area contributed by atoms with E-state index in [0.29, 0.717) is 22.4 Å². The Kier molecular flexibility index (Phi) is 5.43. The molecule has 0 unspecified atom stereocenters. The van der Waals surface area contributed by atoms with Gasteiger partial charge in [-0.05, 0) is 42.8 Å². The van der Waals surface area contributed by atoms with E-state index in [1.54, 1.807) is 20.3 Å². The Hall–Kier alpha value is -2.99. The van der Waals surface area contributed by atoms with Crippen molar-refractivity contribution < 1.29 is 9.47 Å². The van der Waals surface area contributed by atoms with E-state index in [1.165, 1.54) is 6.33 Å². The van der Waals surface area contributed by atoms with Gasteiger partial charge in [0.25, 0.3) is 0 Å². The first-order chi connectivity index (χ1) is 12.6. The highest BCUT2D eigenvalue weighted by atomic mass is 35.5. The Morgan fingerprint density at radius 2 is 1.58 bits per heavy atom. The lowest BCUT2D eigenvalue weighted by Crippen LogP contribution is -2.00. The molecule has 0 bridgehead atoms. The van der Waals surface area contributed by atoms with E-state index >= 15 is 0 Å². The Labute approximate surface area is 157 Å². The minimum Gasteiger partial charge on any atom is -0.497 e. The summed E-state index contributed by atoms with van der Waals surface area (Å²) < 4.78 is 10.5. The van der Waals surface area contributed by atoms with Crippen LogP contribution in [0.4, 0.5) is 23.0 Å². The molecule has 0 atom stereocenters. The topological polar surface area (TPSA) is 68.3 Å². The number of anilines is 4. The summed E-state index contributed by atoms with van der Waals surface area (Å²) >= 11 is 6.15. The van der Waals surface area contributed by atoms with Crippen LogP contribution in [0, 0.1) is 6.92 Å². The highest BCUT2D eigenvalue weighted by Gasteiger charge is 2.09. The molecular weight excluding hydrogens is 352 g/mol. The van der Waals surface area contributed by atoms with Crippen LogP contribution in [0.25, 0.3) is 0 Å². The van der Waals surface area contributed by atoms with Crippen LogP contribution >= 0.6 is 11.6 Å². The van der Waals surface area contributed by atoms with Crippen LogP contribution in [0.5, 0.6) is 11.5 Å². The number of aryl methyl sites for hydroxylation is 1. The lowest BCUT2D eigenvalue weighted by atomic mass is 10.2. The van der Waals surface area contributed by atoms with Gasteiger partial charge in [0.15, 0.2) is 0 Å². The molecule has 2 aromatic carbocycles. The predicted octanol–water partition coefficient (Wildman–Crippen LogP) is 4.94. The van der Waals surface area contributed by atoms with Crippen LogP contribution in [-0.2, 0) is 0 Å². The average Bonchev–Trinajstić information content (AvgIpc) is 2.65. The summed E-state index contributed by atoms with van der Waals surface area (Å²) in [6.07, 6.45) is 1.49. The number of ether oxygens (including phenoxy) is 2. The molecule has 0 saturated carbocycles. The van der Waals surface area contributed by atoms with Crippen molar-refractivity contribution in [3.05, 3.63) is 59.4 Å². The molecule has 3 aromatic rings. The van der Waals surface area contributed by atoms with Crippen molar-refractivity contribution in [2.24, 2.45) is 0 Å². The molecule has 134 valence electrons. The Balaban J connectivity index is 1.80. The van der Waals surface area contributed by atoms with Gasteiger partial charge in [-0.1, -0.05) is 11.6 Å². The highest BCUT2D eigenvalue weighted by molar-refractivity contribution is 6.31. The zero-order valence-corrected chi connectivity index (χ0v) is 15.5. The summed E-state index contributed by atoms with van der Waals surface area (Å²) in [6, 6.07) is 13.1. The fraction of sp³-hybridized carbons (Fsp3) is 0.158. The number of hydrogen-bond donors (Lipinski definition) is 2. The van der Waals surface area contributed by atoms with Crippen molar-refractivity contribution in [1.82, 2.24) is 9.97 Å². The first kappa shape index (κ1) is 17.8. The van der Waals surface area contributed by atoms with Gasteiger partial charge in [0.05, 0.1) is 19.9 Å². The second-order valence-corrected chi connectivity index (χ2v) is 5.98. The van der Waals surface area contributed by atoms with E-state index in [1.807, 2.05) is 43.3 Å². The maximum absolute atomic E-state index is 6.15. The van der Waals surface area contributed by atoms with Crippen LogP contribution < -0.4 is 20.1 Å². The highest BCUT2D eigenvalue weighted by Crippen LogP contribution is 2.33. The molecule has 0 amide bonds. The molecule has 0 aliphatic carbocycles. The number of nitrogens with zero attached hydrogens (tertiary/aromatic N) is 2. The van der Waals surface area contributed by atoms with Gasteiger partial charge in [-0.2, -0.15) is 0 Å². The Morgan fingerprint density at radius 1 is 0.885 bits per heavy atom. The van der Waals surface area contributed by atoms with Crippen LogP contribution in [0.2, 0.25) is 5.02 Å². The fourth-order valence-corrected chi connectivity index (χ4v) is 2.54. The van der Waals surface area contributed by atoms with Crippen molar-refractivity contribution in [1.29, 1.82) is 0 Å². The summed E-state index contributed by atoms with van der Waals surface area (Å²) in [5.74, 6) is 2.74. The minimum absolute atomic E-state index is 0.635. The Bertz CT molecular complexity index is 901. The number of rotatable bonds is 6. The normalized spacial score (nSPS) is 10.3. The smallest absolute Gasteiger partial charge is 0.143 e. The fourth-order valence-electron chi connectivity index (χ4n) is 2.38. The van der Waals surface area contributed by atoms with E-state index in [-0.39, 0.29) is 0 Å². The molecule has 0 saturated heterocycles. The average molecular weight is 371 g/mol. The third kappa shape index (κ3) is 4.15. The number of benzene rings is 2. The van der Waals surface area contributed by atoms with Gasteiger partial charge < -0.3 is 20.1 Å². The van der Waals surface area contributed by atoms with E-state index in [4.69, 9.17) is 21.1 Å².